The zero-order valence-corrected chi connectivity index (χ0v) is 11.5. The fraction of sp³-hybridized carbons (Fsp3) is 0.0769. The fourth-order valence-corrected chi connectivity index (χ4v) is 2.09. The summed E-state index contributed by atoms with van der Waals surface area (Å²) in [6.07, 6.45) is -4.76. The van der Waals surface area contributed by atoms with Crippen LogP contribution in [0.3, 0.4) is 0 Å². The van der Waals surface area contributed by atoms with Gasteiger partial charge in [-0.3, -0.25) is 0 Å². The quantitative estimate of drug-likeness (QED) is 0.525. The number of halogens is 5. The van der Waals surface area contributed by atoms with E-state index in [0.29, 0.717) is 9.13 Å². The highest BCUT2D eigenvalue weighted by atomic mass is 127. The van der Waals surface area contributed by atoms with Crippen molar-refractivity contribution in [3.63, 3.8) is 0 Å². The molecule has 0 fully saturated rings. The summed E-state index contributed by atoms with van der Waals surface area (Å²) in [5, 5.41) is 0. The van der Waals surface area contributed by atoms with Gasteiger partial charge in [-0.1, -0.05) is 24.3 Å². The monoisotopic (exact) mass is 382 g/mol. The molecule has 0 saturated carbocycles. The van der Waals surface area contributed by atoms with Gasteiger partial charge in [0, 0.05) is 9.13 Å². The molecule has 0 aliphatic heterocycles. The molecule has 0 bridgehead atoms. The van der Waals surface area contributed by atoms with Crippen LogP contribution in [0.25, 0.3) is 11.1 Å². The summed E-state index contributed by atoms with van der Waals surface area (Å²) >= 11 is 1.82. The van der Waals surface area contributed by atoms with Gasteiger partial charge in [0.15, 0.2) is 0 Å². The molecule has 1 nitrogen and oxygen atoms in total. The zero-order chi connectivity index (χ0) is 14.0. The molecule has 2 rings (SSSR count). The first-order chi connectivity index (χ1) is 8.87. The molecule has 2 aromatic rings. The van der Waals surface area contributed by atoms with Gasteiger partial charge in [0.25, 0.3) is 0 Å². The lowest BCUT2D eigenvalue weighted by molar-refractivity contribution is -0.274. The summed E-state index contributed by atoms with van der Waals surface area (Å²) in [6, 6.07) is 9.95. The Morgan fingerprint density at radius 2 is 1.68 bits per heavy atom. The van der Waals surface area contributed by atoms with E-state index in [1.807, 2.05) is 22.6 Å². The van der Waals surface area contributed by atoms with Crippen LogP contribution in [-0.4, -0.2) is 6.36 Å². The van der Waals surface area contributed by atoms with Gasteiger partial charge < -0.3 is 4.74 Å². The van der Waals surface area contributed by atoms with Crippen LogP contribution in [0.4, 0.5) is 17.6 Å². The van der Waals surface area contributed by atoms with E-state index in [1.54, 1.807) is 12.1 Å². The van der Waals surface area contributed by atoms with E-state index >= 15 is 0 Å². The highest BCUT2D eigenvalue weighted by molar-refractivity contribution is 14.1. The van der Waals surface area contributed by atoms with Crippen molar-refractivity contribution in [1.29, 1.82) is 0 Å². The van der Waals surface area contributed by atoms with E-state index in [9.17, 15) is 17.6 Å². The molecule has 2 aromatic carbocycles. The number of benzene rings is 2. The van der Waals surface area contributed by atoms with E-state index in [-0.39, 0.29) is 11.3 Å². The highest BCUT2D eigenvalue weighted by Gasteiger charge is 2.31. The Balaban J connectivity index is 2.41. The summed E-state index contributed by atoms with van der Waals surface area (Å²) in [6.45, 7) is 0. The molecule has 0 N–H and O–H groups in total. The SMILES string of the molecule is Fc1c(I)cccc1-c1cccc(OC(F)(F)F)c1. The van der Waals surface area contributed by atoms with Crippen LogP contribution in [0.1, 0.15) is 0 Å². The molecule has 19 heavy (non-hydrogen) atoms. The van der Waals surface area contributed by atoms with Crippen molar-refractivity contribution in [2.24, 2.45) is 0 Å². The van der Waals surface area contributed by atoms with Crippen LogP contribution < -0.4 is 4.74 Å². The topological polar surface area (TPSA) is 9.23 Å². The molecule has 0 saturated heterocycles. The van der Waals surface area contributed by atoms with E-state index in [0.717, 1.165) is 6.07 Å². The third kappa shape index (κ3) is 3.59. The van der Waals surface area contributed by atoms with Gasteiger partial charge in [-0.2, -0.15) is 0 Å². The van der Waals surface area contributed by atoms with Crippen molar-refractivity contribution in [2.75, 3.05) is 0 Å². The van der Waals surface area contributed by atoms with Crippen molar-refractivity contribution in [2.45, 2.75) is 6.36 Å². The van der Waals surface area contributed by atoms with E-state index < -0.39 is 12.2 Å². The van der Waals surface area contributed by atoms with Crippen molar-refractivity contribution in [3.05, 3.63) is 51.9 Å². The first kappa shape index (κ1) is 14.1. The summed E-state index contributed by atoms with van der Waals surface area (Å²) in [4.78, 5) is 0. The molecular weight excluding hydrogens is 375 g/mol. The van der Waals surface area contributed by atoms with E-state index in [4.69, 9.17) is 0 Å². The standard InChI is InChI=1S/C13H7F4IO/c14-12-10(5-2-6-11(12)18)8-3-1-4-9(7-8)19-13(15,16)17/h1-7H. The smallest absolute Gasteiger partial charge is 0.406 e. The molecule has 0 aliphatic rings. The second-order valence-corrected chi connectivity index (χ2v) is 4.84. The number of alkyl halides is 3. The van der Waals surface area contributed by atoms with Crippen LogP contribution in [0, 0.1) is 9.39 Å². The molecule has 0 heterocycles. The molecule has 0 unspecified atom stereocenters. The van der Waals surface area contributed by atoms with Crippen LogP contribution >= 0.6 is 22.6 Å². The van der Waals surface area contributed by atoms with Crippen LogP contribution in [0.5, 0.6) is 5.75 Å². The minimum atomic E-state index is -4.76. The molecule has 100 valence electrons. The second kappa shape index (κ2) is 5.36. The Hall–Kier alpha value is -1.31. The summed E-state index contributed by atoms with van der Waals surface area (Å²) in [7, 11) is 0. The largest absolute Gasteiger partial charge is 0.573 e. The third-order valence-corrected chi connectivity index (χ3v) is 3.16. The molecule has 0 atom stereocenters. The lowest BCUT2D eigenvalue weighted by atomic mass is 10.1. The first-order valence-corrected chi connectivity index (χ1v) is 6.25. The zero-order valence-electron chi connectivity index (χ0n) is 9.34. The van der Waals surface area contributed by atoms with Crippen LogP contribution in [0.15, 0.2) is 42.5 Å². The number of hydrogen-bond donors (Lipinski definition) is 0. The first-order valence-electron chi connectivity index (χ1n) is 5.17. The lowest BCUT2D eigenvalue weighted by Crippen LogP contribution is -2.17. The second-order valence-electron chi connectivity index (χ2n) is 3.68. The van der Waals surface area contributed by atoms with Gasteiger partial charge in [0.05, 0.1) is 0 Å². The third-order valence-electron chi connectivity index (χ3n) is 2.33. The van der Waals surface area contributed by atoms with Crippen LogP contribution in [-0.2, 0) is 0 Å². The van der Waals surface area contributed by atoms with Gasteiger partial charge in [0.1, 0.15) is 11.6 Å². The maximum atomic E-state index is 13.9. The predicted molar refractivity (Wildman–Crippen MR) is 71.2 cm³/mol. The van der Waals surface area contributed by atoms with Gasteiger partial charge >= 0.3 is 6.36 Å². The summed E-state index contributed by atoms with van der Waals surface area (Å²) in [5.74, 6) is -0.837. The molecule has 0 radical (unpaired) electrons. The Bertz CT molecular complexity index is 595. The van der Waals surface area contributed by atoms with E-state index in [1.165, 1.54) is 24.3 Å². The molecule has 0 spiro atoms. The Labute approximate surface area is 120 Å². The maximum absolute atomic E-state index is 13.9. The minimum absolute atomic E-state index is 0.236. The average molecular weight is 382 g/mol. The number of hydrogen-bond acceptors (Lipinski definition) is 1. The molecule has 0 amide bonds. The van der Waals surface area contributed by atoms with Gasteiger partial charge in [-0.05, 0) is 46.4 Å². The normalized spacial score (nSPS) is 11.4. The maximum Gasteiger partial charge on any atom is 0.573 e. The summed E-state index contributed by atoms with van der Waals surface area (Å²) < 4.78 is 54.5. The van der Waals surface area contributed by atoms with E-state index in [2.05, 4.69) is 4.74 Å². The highest BCUT2D eigenvalue weighted by Crippen LogP contribution is 2.30. The Morgan fingerprint density at radius 1 is 1.00 bits per heavy atom. The van der Waals surface area contributed by atoms with Crippen LogP contribution in [0.2, 0.25) is 0 Å². The Morgan fingerprint density at radius 3 is 2.37 bits per heavy atom. The number of ether oxygens (including phenoxy) is 1. The predicted octanol–water partition coefficient (Wildman–Crippen LogP) is 5.00. The van der Waals surface area contributed by atoms with Gasteiger partial charge in [-0.15, -0.1) is 13.2 Å². The average Bonchev–Trinajstić information content (AvgIpc) is 2.31. The molecular formula is C13H7F4IO. The Kier molecular flexibility index (Phi) is 3.98. The van der Waals surface area contributed by atoms with Gasteiger partial charge in [0.2, 0.25) is 0 Å². The van der Waals surface area contributed by atoms with Crippen molar-refractivity contribution in [3.8, 4) is 16.9 Å². The molecule has 6 heteroatoms. The lowest BCUT2D eigenvalue weighted by Gasteiger charge is -2.10. The summed E-state index contributed by atoms with van der Waals surface area (Å²) in [5.41, 5.74) is 0.567. The fourth-order valence-electron chi connectivity index (χ4n) is 1.59. The van der Waals surface area contributed by atoms with Crippen molar-refractivity contribution < 1.29 is 22.3 Å². The van der Waals surface area contributed by atoms with Crippen molar-refractivity contribution >= 4 is 22.6 Å². The number of rotatable bonds is 2. The van der Waals surface area contributed by atoms with Gasteiger partial charge in [-0.25, -0.2) is 4.39 Å². The molecule has 0 aromatic heterocycles. The minimum Gasteiger partial charge on any atom is -0.406 e. The molecule has 0 aliphatic carbocycles. The van der Waals surface area contributed by atoms with Crippen molar-refractivity contribution in [1.82, 2.24) is 0 Å².